The lowest BCUT2D eigenvalue weighted by atomic mass is 10.5. The van der Waals surface area contributed by atoms with E-state index in [1.54, 1.807) is 6.08 Å². The molecule has 0 aliphatic heterocycles. The minimum atomic E-state index is 0.595. The Morgan fingerprint density at radius 1 is 1.38 bits per heavy atom. The van der Waals surface area contributed by atoms with Crippen LogP contribution in [-0.2, 0) is 0 Å². The molecule has 0 aliphatic rings. The maximum Gasteiger partial charge on any atom is 0.0565 e. The number of hydrogen-bond acceptors (Lipinski definition) is 2. The maximum atomic E-state index is 3.51. The highest BCUT2D eigenvalue weighted by Crippen LogP contribution is 1.90. The highest BCUT2D eigenvalue weighted by atomic mass is 14.7. The van der Waals surface area contributed by atoms with Crippen LogP contribution in [0.2, 0.25) is 0 Å². The van der Waals surface area contributed by atoms with Gasteiger partial charge in [-0.05, 0) is 19.5 Å². The maximum absolute atomic E-state index is 3.51. The summed E-state index contributed by atoms with van der Waals surface area (Å²) >= 11 is 0. The molecule has 0 aromatic rings. The fourth-order valence-electron chi connectivity index (χ4n) is 0.191. The van der Waals surface area contributed by atoms with Gasteiger partial charge in [0.15, 0.2) is 0 Å². The van der Waals surface area contributed by atoms with Gasteiger partial charge in [0.1, 0.15) is 0 Å². The van der Waals surface area contributed by atoms with Gasteiger partial charge in [-0.1, -0.05) is 6.58 Å². The first-order chi connectivity index (χ1) is 3.81. The predicted octanol–water partition coefficient (Wildman–Crippen LogP) is 1.41. The van der Waals surface area contributed by atoms with Gasteiger partial charge in [0, 0.05) is 6.20 Å². The van der Waals surface area contributed by atoms with Crippen molar-refractivity contribution in [2.24, 2.45) is 9.98 Å². The average molecular weight is 108 g/mol. The molecule has 0 rings (SSSR count). The molecular formula is C6H8N2. The van der Waals surface area contributed by atoms with Gasteiger partial charge in [0.2, 0.25) is 0 Å². The van der Waals surface area contributed by atoms with Gasteiger partial charge in [-0.2, -0.15) is 0 Å². The Bertz CT molecular complexity index is 133. The highest BCUT2D eigenvalue weighted by molar-refractivity contribution is 5.32. The molecule has 0 saturated carbocycles. The number of allylic oxidation sites excluding steroid dienone is 1. The molecule has 0 amide bonds. The van der Waals surface area contributed by atoms with Crippen LogP contribution in [0.1, 0.15) is 0 Å². The van der Waals surface area contributed by atoms with Crippen LogP contribution in [0.5, 0.6) is 0 Å². The largest absolute Gasteiger partial charge is 0.272 e. The molecular weight excluding hydrogens is 100 g/mol. The Labute approximate surface area is 49.0 Å². The monoisotopic (exact) mass is 108 g/mol. The Balaban J connectivity index is 3.69. The van der Waals surface area contributed by atoms with Crippen LogP contribution in [0.25, 0.3) is 0 Å². The fraction of sp³-hybridized carbons (Fsp3) is 0. The molecule has 0 aromatic heterocycles. The minimum absolute atomic E-state index is 0.595. The van der Waals surface area contributed by atoms with Crippen molar-refractivity contribution in [1.29, 1.82) is 0 Å². The zero-order valence-electron chi connectivity index (χ0n) is 4.67. The molecule has 0 radical (unpaired) electrons. The number of aliphatic imine (C=N–C) groups is 2. The van der Waals surface area contributed by atoms with Gasteiger partial charge in [-0.3, -0.25) is 9.98 Å². The van der Waals surface area contributed by atoms with Crippen molar-refractivity contribution < 1.29 is 0 Å². The Kier molecular flexibility index (Phi) is 3.40. The Hall–Kier alpha value is -1.18. The van der Waals surface area contributed by atoms with Crippen molar-refractivity contribution in [2.75, 3.05) is 0 Å². The van der Waals surface area contributed by atoms with Crippen LogP contribution in [0.3, 0.4) is 0 Å². The van der Waals surface area contributed by atoms with E-state index in [0.717, 1.165) is 0 Å². The summed E-state index contributed by atoms with van der Waals surface area (Å²) in [5.74, 6) is 0. The van der Waals surface area contributed by atoms with E-state index in [4.69, 9.17) is 0 Å². The quantitative estimate of drug-likeness (QED) is 0.386. The van der Waals surface area contributed by atoms with Gasteiger partial charge in [0.25, 0.3) is 0 Å². The van der Waals surface area contributed by atoms with Gasteiger partial charge in [-0.25, -0.2) is 0 Å². The van der Waals surface area contributed by atoms with E-state index >= 15 is 0 Å². The van der Waals surface area contributed by atoms with E-state index in [1.807, 2.05) is 0 Å². The van der Waals surface area contributed by atoms with Crippen LogP contribution in [-0.4, -0.2) is 13.4 Å². The molecule has 0 fully saturated rings. The summed E-state index contributed by atoms with van der Waals surface area (Å²) in [7, 11) is 0. The summed E-state index contributed by atoms with van der Waals surface area (Å²) in [5.41, 5.74) is 0.595. The van der Waals surface area contributed by atoms with Crippen molar-refractivity contribution in [3.8, 4) is 0 Å². The lowest BCUT2D eigenvalue weighted by Gasteiger charge is -1.80. The van der Waals surface area contributed by atoms with E-state index < -0.39 is 0 Å². The second kappa shape index (κ2) is 3.99. The molecule has 8 heavy (non-hydrogen) atoms. The second-order valence-corrected chi connectivity index (χ2v) is 1.15. The van der Waals surface area contributed by atoms with E-state index in [-0.39, 0.29) is 0 Å². The van der Waals surface area contributed by atoms with Crippen LogP contribution in [0.4, 0.5) is 0 Å². The molecule has 2 nitrogen and oxygen atoms in total. The Morgan fingerprint density at radius 3 is 2.38 bits per heavy atom. The zero-order chi connectivity index (χ0) is 6.41. The summed E-state index contributed by atoms with van der Waals surface area (Å²) in [6.07, 6.45) is 3.14. The number of rotatable bonds is 3. The fourth-order valence-corrected chi connectivity index (χ4v) is 0.191. The first-order valence-electron chi connectivity index (χ1n) is 2.09. The molecule has 0 saturated heterocycles. The van der Waals surface area contributed by atoms with Crippen LogP contribution >= 0.6 is 0 Å². The standard InChI is InChI=1S/C6H8N2/c1-6(8-3)4-5-7-2/h4-5H,1-3H2. The Morgan fingerprint density at radius 2 is 2.00 bits per heavy atom. The first-order valence-corrected chi connectivity index (χ1v) is 2.09. The van der Waals surface area contributed by atoms with Gasteiger partial charge in [-0.15, -0.1) is 0 Å². The third-order valence-corrected chi connectivity index (χ3v) is 0.575. The summed E-state index contributed by atoms with van der Waals surface area (Å²) in [4.78, 5) is 6.95. The lowest BCUT2D eigenvalue weighted by Crippen LogP contribution is -1.61. The summed E-state index contributed by atoms with van der Waals surface area (Å²) in [6.45, 7) is 9.98. The van der Waals surface area contributed by atoms with E-state index in [9.17, 15) is 0 Å². The zero-order valence-corrected chi connectivity index (χ0v) is 4.67. The normalized spacial score (nSPS) is 9.00. The molecule has 0 aromatic carbocycles. The molecule has 0 heterocycles. The lowest BCUT2D eigenvalue weighted by molar-refractivity contribution is 1.44. The minimum Gasteiger partial charge on any atom is -0.272 e. The second-order valence-electron chi connectivity index (χ2n) is 1.15. The number of nitrogens with zero attached hydrogens (tertiary/aromatic N) is 2. The predicted molar refractivity (Wildman–Crippen MR) is 37.4 cm³/mol. The summed E-state index contributed by atoms with van der Waals surface area (Å²) < 4.78 is 0. The third kappa shape index (κ3) is 3.03. The van der Waals surface area contributed by atoms with Crippen molar-refractivity contribution in [3.05, 3.63) is 24.6 Å². The molecule has 0 N–H and O–H groups in total. The molecule has 0 spiro atoms. The van der Waals surface area contributed by atoms with E-state index in [1.165, 1.54) is 6.20 Å². The van der Waals surface area contributed by atoms with Gasteiger partial charge in [0.05, 0.1) is 5.70 Å². The van der Waals surface area contributed by atoms with Gasteiger partial charge < -0.3 is 0 Å². The van der Waals surface area contributed by atoms with Crippen LogP contribution < -0.4 is 0 Å². The molecule has 2 heteroatoms. The number of hydrogen-bond donors (Lipinski definition) is 0. The van der Waals surface area contributed by atoms with Crippen LogP contribution in [0, 0.1) is 0 Å². The summed E-state index contributed by atoms with van der Waals surface area (Å²) in [6, 6.07) is 0. The molecule has 42 valence electrons. The van der Waals surface area contributed by atoms with Crippen molar-refractivity contribution in [2.45, 2.75) is 0 Å². The summed E-state index contributed by atoms with van der Waals surface area (Å²) in [5, 5.41) is 0. The molecule has 0 aliphatic carbocycles. The molecule has 0 atom stereocenters. The first kappa shape index (κ1) is 6.82. The third-order valence-electron chi connectivity index (χ3n) is 0.575. The molecule has 0 bridgehead atoms. The molecule has 0 unspecified atom stereocenters. The highest BCUT2D eigenvalue weighted by Gasteiger charge is 1.72. The average Bonchev–Trinajstić information content (AvgIpc) is 1.83. The van der Waals surface area contributed by atoms with Gasteiger partial charge >= 0.3 is 0 Å². The SMILES string of the molecule is C=NC=CC(=C)N=C. The van der Waals surface area contributed by atoms with E-state index in [2.05, 4.69) is 30.0 Å². The van der Waals surface area contributed by atoms with E-state index in [0.29, 0.717) is 5.70 Å². The smallest absolute Gasteiger partial charge is 0.0565 e. The van der Waals surface area contributed by atoms with Crippen molar-refractivity contribution in [3.63, 3.8) is 0 Å². The van der Waals surface area contributed by atoms with Crippen molar-refractivity contribution in [1.82, 2.24) is 0 Å². The topological polar surface area (TPSA) is 24.7 Å². The van der Waals surface area contributed by atoms with Crippen molar-refractivity contribution >= 4 is 13.4 Å². The van der Waals surface area contributed by atoms with Crippen LogP contribution in [0.15, 0.2) is 34.5 Å².